The molecule has 0 aromatic heterocycles. The summed E-state index contributed by atoms with van der Waals surface area (Å²) in [5.74, 6) is -0.441. The number of methoxy groups -OCH3 is 1. The minimum absolute atomic E-state index is 0.0198. The van der Waals surface area contributed by atoms with E-state index in [-0.39, 0.29) is 23.0 Å². The van der Waals surface area contributed by atoms with E-state index in [1.807, 2.05) is 20.8 Å². The van der Waals surface area contributed by atoms with Gasteiger partial charge in [0, 0.05) is 19.2 Å². The van der Waals surface area contributed by atoms with E-state index in [9.17, 15) is 18.0 Å². The monoisotopic (exact) mass is 633 g/mol. The molecule has 42 heavy (non-hydrogen) atoms. The number of carbonyl (C=O) groups excluding carboxylic acids is 2. The lowest BCUT2D eigenvalue weighted by atomic mass is 10.1. The number of amides is 2. The first-order valence-corrected chi connectivity index (χ1v) is 16.0. The zero-order valence-electron chi connectivity index (χ0n) is 24.3. The molecule has 0 bridgehead atoms. The molecular formula is C31H37Cl2N3O5S. The normalized spacial score (nSPS) is 12.0. The molecule has 0 spiro atoms. The van der Waals surface area contributed by atoms with Gasteiger partial charge in [0.1, 0.15) is 18.3 Å². The summed E-state index contributed by atoms with van der Waals surface area (Å²) in [6.45, 7) is 5.62. The molecule has 0 fully saturated rings. The Balaban J connectivity index is 2.07. The molecule has 3 aromatic carbocycles. The number of nitrogens with one attached hydrogen (secondary N) is 1. The molecule has 0 saturated heterocycles. The van der Waals surface area contributed by atoms with Gasteiger partial charge in [-0.2, -0.15) is 0 Å². The number of hydrogen-bond donors (Lipinski definition) is 1. The van der Waals surface area contributed by atoms with Gasteiger partial charge in [0.15, 0.2) is 0 Å². The Hall–Kier alpha value is -3.27. The summed E-state index contributed by atoms with van der Waals surface area (Å²) in [6, 6.07) is 17.0. The van der Waals surface area contributed by atoms with Crippen molar-refractivity contribution in [1.29, 1.82) is 0 Å². The number of sulfonamides is 1. The lowest BCUT2D eigenvalue weighted by molar-refractivity contribution is -0.140. The maximum Gasteiger partial charge on any atom is 0.264 e. The van der Waals surface area contributed by atoms with Crippen molar-refractivity contribution in [3.8, 4) is 5.75 Å². The number of carbonyl (C=O) groups is 2. The lowest BCUT2D eigenvalue weighted by Crippen LogP contribution is -2.52. The van der Waals surface area contributed by atoms with Crippen LogP contribution in [0.2, 0.25) is 10.0 Å². The van der Waals surface area contributed by atoms with E-state index >= 15 is 0 Å². The van der Waals surface area contributed by atoms with Crippen molar-refractivity contribution < 1.29 is 22.7 Å². The molecule has 0 aliphatic carbocycles. The summed E-state index contributed by atoms with van der Waals surface area (Å²) >= 11 is 12.4. The number of halogens is 2. The Kier molecular flexibility index (Phi) is 12.1. The highest BCUT2D eigenvalue weighted by Crippen LogP contribution is 2.29. The predicted molar refractivity (Wildman–Crippen MR) is 168 cm³/mol. The molecule has 0 aliphatic heterocycles. The molecule has 3 rings (SSSR count). The first-order valence-electron chi connectivity index (χ1n) is 13.8. The number of rotatable bonds is 14. The van der Waals surface area contributed by atoms with E-state index < -0.39 is 28.5 Å². The highest BCUT2D eigenvalue weighted by atomic mass is 35.5. The average molecular weight is 635 g/mol. The summed E-state index contributed by atoms with van der Waals surface area (Å²) in [5, 5.41) is 3.57. The fourth-order valence-electron chi connectivity index (χ4n) is 4.39. The van der Waals surface area contributed by atoms with Gasteiger partial charge in [0.05, 0.1) is 27.7 Å². The van der Waals surface area contributed by atoms with E-state index in [0.29, 0.717) is 34.3 Å². The third-order valence-electron chi connectivity index (χ3n) is 6.78. The molecule has 1 atom stereocenters. The van der Waals surface area contributed by atoms with Crippen LogP contribution in [0.1, 0.15) is 44.2 Å². The second kappa shape index (κ2) is 15.3. The predicted octanol–water partition coefficient (Wildman–Crippen LogP) is 6.23. The quantitative estimate of drug-likeness (QED) is 0.212. The van der Waals surface area contributed by atoms with Crippen molar-refractivity contribution in [1.82, 2.24) is 10.2 Å². The van der Waals surface area contributed by atoms with Crippen molar-refractivity contribution >= 4 is 50.7 Å². The Bertz CT molecular complexity index is 1480. The molecule has 8 nitrogen and oxygen atoms in total. The van der Waals surface area contributed by atoms with Crippen molar-refractivity contribution in [2.45, 2.75) is 57.5 Å². The minimum atomic E-state index is -4.19. The van der Waals surface area contributed by atoms with Gasteiger partial charge in [-0.3, -0.25) is 13.9 Å². The molecule has 1 N–H and O–H groups in total. The molecule has 2 amide bonds. The average Bonchev–Trinajstić information content (AvgIpc) is 2.97. The summed E-state index contributed by atoms with van der Waals surface area (Å²) < 4.78 is 34.4. The molecular weight excluding hydrogens is 597 g/mol. The number of hydrogen-bond acceptors (Lipinski definition) is 5. The number of benzene rings is 3. The van der Waals surface area contributed by atoms with Crippen molar-refractivity contribution in [2.24, 2.45) is 0 Å². The van der Waals surface area contributed by atoms with Gasteiger partial charge in [0.25, 0.3) is 10.0 Å². The van der Waals surface area contributed by atoms with Crippen LogP contribution in [-0.2, 0) is 26.2 Å². The molecule has 11 heteroatoms. The van der Waals surface area contributed by atoms with E-state index in [1.54, 1.807) is 54.6 Å². The highest BCUT2D eigenvalue weighted by Gasteiger charge is 2.33. The molecule has 3 aromatic rings. The van der Waals surface area contributed by atoms with Crippen LogP contribution in [0.5, 0.6) is 5.75 Å². The lowest BCUT2D eigenvalue weighted by Gasteiger charge is -2.33. The molecule has 0 heterocycles. The standard InChI is InChI=1S/C31H37Cl2N3O5S/c1-5-7-17-34-31(38)29(6-2)35(20-23-13-16-27(32)28(33)18-23)30(37)21-36(24-9-8-10-25(19-24)41-4)42(39,40)26-14-11-22(3)12-15-26/h8-16,18-19,29H,5-7,17,20-21H2,1-4H3,(H,34,38). The molecule has 0 saturated carbocycles. The van der Waals surface area contributed by atoms with E-state index in [4.69, 9.17) is 27.9 Å². The fourth-order valence-corrected chi connectivity index (χ4v) is 6.12. The smallest absolute Gasteiger partial charge is 0.264 e. The van der Waals surface area contributed by atoms with Crippen LogP contribution < -0.4 is 14.4 Å². The van der Waals surface area contributed by atoms with Gasteiger partial charge in [-0.1, -0.05) is 73.3 Å². The topological polar surface area (TPSA) is 96.0 Å². The first kappa shape index (κ1) is 33.2. The van der Waals surface area contributed by atoms with E-state index in [1.165, 1.54) is 24.1 Å². The van der Waals surface area contributed by atoms with Gasteiger partial charge in [0.2, 0.25) is 11.8 Å². The van der Waals surface area contributed by atoms with Crippen LogP contribution in [0.3, 0.4) is 0 Å². The number of unbranched alkanes of at least 4 members (excludes halogenated alkanes) is 1. The number of ether oxygens (including phenoxy) is 1. The van der Waals surface area contributed by atoms with Gasteiger partial charge in [-0.15, -0.1) is 0 Å². The SMILES string of the molecule is CCCCNC(=O)C(CC)N(Cc1ccc(Cl)c(Cl)c1)C(=O)CN(c1cccc(OC)c1)S(=O)(=O)c1ccc(C)cc1. The maximum atomic E-state index is 14.2. The van der Waals surface area contributed by atoms with Crippen LogP contribution in [0.15, 0.2) is 71.6 Å². The fraction of sp³-hybridized carbons (Fsp3) is 0.355. The van der Waals surface area contributed by atoms with Crippen LogP contribution in [-0.4, -0.2) is 51.4 Å². The van der Waals surface area contributed by atoms with E-state index in [2.05, 4.69) is 5.32 Å². The molecule has 0 radical (unpaired) electrons. The van der Waals surface area contributed by atoms with Crippen LogP contribution in [0, 0.1) is 6.92 Å². The van der Waals surface area contributed by atoms with E-state index in [0.717, 1.165) is 22.7 Å². The Labute approximate surface area is 258 Å². The van der Waals surface area contributed by atoms with Crippen LogP contribution in [0.4, 0.5) is 5.69 Å². The maximum absolute atomic E-state index is 14.2. The van der Waals surface area contributed by atoms with Gasteiger partial charge in [-0.05, 0) is 61.7 Å². The molecule has 226 valence electrons. The van der Waals surface area contributed by atoms with Crippen LogP contribution >= 0.6 is 23.2 Å². The van der Waals surface area contributed by atoms with Crippen molar-refractivity contribution in [3.63, 3.8) is 0 Å². The molecule has 1 unspecified atom stereocenters. The zero-order chi connectivity index (χ0) is 30.9. The number of aryl methyl sites for hydroxylation is 1. The third kappa shape index (κ3) is 8.40. The van der Waals surface area contributed by atoms with Gasteiger partial charge < -0.3 is 15.0 Å². The summed E-state index contributed by atoms with van der Waals surface area (Å²) in [4.78, 5) is 28.9. The minimum Gasteiger partial charge on any atom is -0.497 e. The Morgan fingerprint density at radius 3 is 2.31 bits per heavy atom. The molecule has 0 aliphatic rings. The number of nitrogens with zero attached hydrogens (tertiary/aromatic N) is 2. The Morgan fingerprint density at radius 2 is 1.69 bits per heavy atom. The first-order chi connectivity index (χ1) is 20.0. The van der Waals surface area contributed by atoms with Crippen molar-refractivity contribution in [3.05, 3.63) is 87.9 Å². The second-order valence-electron chi connectivity index (χ2n) is 9.86. The van der Waals surface area contributed by atoms with Gasteiger partial charge >= 0.3 is 0 Å². The number of anilines is 1. The summed E-state index contributed by atoms with van der Waals surface area (Å²) in [7, 11) is -2.71. The van der Waals surface area contributed by atoms with Crippen molar-refractivity contribution in [2.75, 3.05) is 24.5 Å². The van der Waals surface area contributed by atoms with Crippen LogP contribution in [0.25, 0.3) is 0 Å². The highest BCUT2D eigenvalue weighted by molar-refractivity contribution is 7.92. The third-order valence-corrected chi connectivity index (χ3v) is 9.31. The summed E-state index contributed by atoms with van der Waals surface area (Å²) in [6.07, 6.45) is 2.01. The zero-order valence-corrected chi connectivity index (χ0v) is 26.6. The Morgan fingerprint density at radius 1 is 0.976 bits per heavy atom. The second-order valence-corrected chi connectivity index (χ2v) is 12.5. The van der Waals surface area contributed by atoms with Gasteiger partial charge in [-0.25, -0.2) is 8.42 Å². The summed E-state index contributed by atoms with van der Waals surface area (Å²) in [5.41, 5.74) is 1.79. The largest absolute Gasteiger partial charge is 0.497 e.